The summed E-state index contributed by atoms with van der Waals surface area (Å²) in [5, 5.41) is 14.4. The second-order valence-electron chi connectivity index (χ2n) is 8.74. The van der Waals surface area contributed by atoms with Gasteiger partial charge in [0.05, 0.1) is 0 Å². The molecule has 1 unspecified atom stereocenters. The number of piperidine rings is 1. The number of nitrogens with zero attached hydrogens (tertiary/aromatic N) is 2. The van der Waals surface area contributed by atoms with Crippen LogP contribution in [0.15, 0.2) is 60.8 Å². The molecule has 37 heavy (non-hydrogen) atoms. The number of fused-ring (bicyclic) bond motifs is 1. The van der Waals surface area contributed by atoms with Crippen LogP contribution in [0.25, 0.3) is 0 Å². The number of aliphatic carboxylic acids is 1. The molecule has 0 aliphatic carbocycles. The van der Waals surface area contributed by atoms with Crippen LogP contribution in [-0.4, -0.2) is 63.9 Å². The standard InChI is InChI=1S/C26H26N4O7/c1-16-10-11-21(24(34)27-16)30-13-19-18(25(30)35)8-5-9-20(19)28-26(36)37-15-22(31)29(14-23(32)33)12-17-6-3-2-4-7-17/h2-9,21H,1,10-15H2,(H,27,34)(H,28,36)(H,32,33). The van der Waals surface area contributed by atoms with Crippen molar-refractivity contribution in [3.05, 3.63) is 77.5 Å². The van der Waals surface area contributed by atoms with Gasteiger partial charge in [-0.15, -0.1) is 0 Å². The molecule has 0 radical (unpaired) electrons. The molecular weight excluding hydrogens is 480 g/mol. The molecule has 2 aromatic rings. The Balaban J connectivity index is 1.38. The van der Waals surface area contributed by atoms with Crippen molar-refractivity contribution in [2.75, 3.05) is 18.5 Å². The SMILES string of the molecule is C=C1CCC(N2Cc3c(NC(=O)OCC(=O)N(CC(=O)O)Cc4ccccc4)cccc3C2=O)C(=O)N1. The number of carbonyl (C=O) groups excluding carboxylic acids is 4. The van der Waals surface area contributed by atoms with Crippen molar-refractivity contribution in [1.29, 1.82) is 0 Å². The Hall–Kier alpha value is -4.67. The van der Waals surface area contributed by atoms with Crippen molar-refractivity contribution < 1.29 is 33.8 Å². The smallest absolute Gasteiger partial charge is 0.412 e. The van der Waals surface area contributed by atoms with Gasteiger partial charge in [-0.25, -0.2) is 4.79 Å². The van der Waals surface area contributed by atoms with Gasteiger partial charge in [-0.3, -0.25) is 24.5 Å². The summed E-state index contributed by atoms with van der Waals surface area (Å²) in [6.45, 7) is 2.70. The van der Waals surface area contributed by atoms with E-state index in [1.165, 1.54) is 4.90 Å². The summed E-state index contributed by atoms with van der Waals surface area (Å²) in [6.07, 6.45) is 0.0764. The lowest BCUT2D eigenvalue weighted by molar-refractivity contribution is -0.146. The highest BCUT2D eigenvalue weighted by molar-refractivity contribution is 6.04. The molecule has 2 aliphatic rings. The zero-order chi connectivity index (χ0) is 26.5. The summed E-state index contributed by atoms with van der Waals surface area (Å²) in [7, 11) is 0. The molecule has 3 N–H and O–H groups in total. The molecule has 11 heteroatoms. The molecule has 2 heterocycles. The highest BCUT2D eigenvalue weighted by atomic mass is 16.6. The second-order valence-corrected chi connectivity index (χ2v) is 8.74. The number of amides is 4. The van der Waals surface area contributed by atoms with E-state index in [1.807, 2.05) is 0 Å². The van der Waals surface area contributed by atoms with Crippen LogP contribution in [0.2, 0.25) is 0 Å². The highest BCUT2D eigenvalue weighted by Crippen LogP contribution is 2.32. The molecular formula is C26H26N4O7. The van der Waals surface area contributed by atoms with Crippen LogP contribution in [0, 0.1) is 0 Å². The molecule has 192 valence electrons. The lowest BCUT2D eigenvalue weighted by Crippen LogP contribution is -2.49. The molecule has 2 aromatic carbocycles. The fourth-order valence-electron chi connectivity index (χ4n) is 4.35. The van der Waals surface area contributed by atoms with Crippen LogP contribution >= 0.6 is 0 Å². The Bertz CT molecular complexity index is 1260. The number of carboxylic acid groups (broad SMARTS) is 1. The monoisotopic (exact) mass is 506 g/mol. The molecule has 1 saturated heterocycles. The first-order chi connectivity index (χ1) is 17.7. The predicted octanol–water partition coefficient (Wildman–Crippen LogP) is 2.10. The normalized spacial score (nSPS) is 16.6. The number of carboxylic acids is 1. The van der Waals surface area contributed by atoms with Crippen LogP contribution < -0.4 is 10.6 Å². The van der Waals surface area contributed by atoms with Crippen molar-refractivity contribution in [2.45, 2.75) is 32.0 Å². The summed E-state index contributed by atoms with van der Waals surface area (Å²) in [5.74, 6) is -2.49. The van der Waals surface area contributed by atoms with Crippen LogP contribution in [0.4, 0.5) is 10.5 Å². The quantitative estimate of drug-likeness (QED) is 0.497. The van der Waals surface area contributed by atoms with Gasteiger partial charge in [-0.2, -0.15) is 0 Å². The predicted molar refractivity (Wildman–Crippen MR) is 131 cm³/mol. The zero-order valence-electron chi connectivity index (χ0n) is 19.9. The Morgan fingerprint density at radius 2 is 1.89 bits per heavy atom. The largest absolute Gasteiger partial charge is 0.480 e. The maximum Gasteiger partial charge on any atom is 0.412 e. The van der Waals surface area contributed by atoms with Crippen molar-refractivity contribution in [2.24, 2.45) is 0 Å². The van der Waals surface area contributed by atoms with Gasteiger partial charge < -0.3 is 25.0 Å². The molecule has 4 rings (SSSR count). The molecule has 0 bridgehead atoms. The topological polar surface area (TPSA) is 145 Å². The number of ether oxygens (including phenoxy) is 1. The van der Waals surface area contributed by atoms with Crippen molar-refractivity contribution in [1.82, 2.24) is 15.1 Å². The first kappa shape index (κ1) is 25.4. The second kappa shape index (κ2) is 10.9. The van der Waals surface area contributed by atoms with Crippen molar-refractivity contribution in [3.63, 3.8) is 0 Å². The van der Waals surface area contributed by atoms with E-state index in [9.17, 15) is 24.0 Å². The van der Waals surface area contributed by atoms with Crippen LogP contribution in [-0.2, 0) is 32.2 Å². The third-order valence-electron chi connectivity index (χ3n) is 6.15. The summed E-state index contributed by atoms with van der Waals surface area (Å²) >= 11 is 0. The Labute approximate surface area is 212 Å². The van der Waals surface area contributed by atoms with Gasteiger partial charge in [0, 0.05) is 35.6 Å². The van der Waals surface area contributed by atoms with Gasteiger partial charge in [0.1, 0.15) is 12.6 Å². The third-order valence-corrected chi connectivity index (χ3v) is 6.15. The maximum atomic E-state index is 13.0. The third kappa shape index (κ3) is 5.95. The Kier molecular flexibility index (Phi) is 7.52. The van der Waals surface area contributed by atoms with Gasteiger partial charge >= 0.3 is 12.1 Å². The molecule has 0 saturated carbocycles. The van der Waals surface area contributed by atoms with Gasteiger partial charge in [0.25, 0.3) is 11.8 Å². The summed E-state index contributed by atoms with van der Waals surface area (Å²) in [4.78, 5) is 64.2. The zero-order valence-corrected chi connectivity index (χ0v) is 19.9. The van der Waals surface area contributed by atoms with Gasteiger partial charge in [-0.1, -0.05) is 43.0 Å². The number of carbonyl (C=O) groups is 5. The molecule has 4 amide bonds. The minimum absolute atomic E-state index is 0.0448. The Morgan fingerprint density at radius 3 is 2.59 bits per heavy atom. The highest BCUT2D eigenvalue weighted by Gasteiger charge is 2.39. The first-order valence-corrected chi connectivity index (χ1v) is 11.6. The summed E-state index contributed by atoms with van der Waals surface area (Å²) < 4.78 is 5.06. The molecule has 1 fully saturated rings. The molecule has 0 aromatic heterocycles. The number of hydrogen-bond acceptors (Lipinski definition) is 6. The van der Waals surface area contributed by atoms with Crippen molar-refractivity contribution in [3.8, 4) is 0 Å². The number of nitrogens with one attached hydrogen (secondary N) is 2. The number of rotatable bonds is 8. The van der Waals surface area contributed by atoms with E-state index in [1.54, 1.807) is 48.5 Å². The van der Waals surface area contributed by atoms with E-state index < -0.39 is 37.2 Å². The van der Waals surface area contributed by atoms with E-state index in [4.69, 9.17) is 9.84 Å². The fourth-order valence-corrected chi connectivity index (χ4v) is 4.35. The van der Waals surface area contributed by atoms with Crippen LogP contribution in [0.5, 0.6) is 0 Å². The van der Waals surface area contributed by atoms with E-state index in [0.717, 1.165) is 10.5 Å². The number of benzene rings is 2. The van der Waals surface area contributed by atoms with Gasteiger partial charge in [0.15, 0.2) is 6.61 Å². The number of anilines is 1. The average molecular weight is 507 g/mol. The number of hydrogen-bond donors (Lipinski definition) is 3. The van der Waals surface area contributed by atoms with Crippen molar-refractivity contribution >= 4 is 35.5 Å². The minimum Gasteiger partial charge on any atom is -0.480 e. The number of allylic oxidation sites excluding steroid dienone is 1. The van der Waals surface area contributed by atoms with E-state index in [0.29, 0.717) is 35.4 Å². The Morgan fingerprint density at radius 1 is 1.14 bits per heavy atom. The van der Waals surface area contributed by atoms with Gasteiger partial charge in [-0.05, 0) is 30.5 Å². The fraction of sp³-hybridized carbons (Fsp3) is 0.269. The van der Waals surface area contributed by atoms with Crippen LogP contribution in [0.1, 0.15) is 34.3 Å². The van der Waals surface area contributed by atoms with Crippen LogP contribution in [0.3, 0.4) is 0 Å². The average Bonchev–Trinajstić information content (AvgIpc) is 3.19. The van der Waals surface area contributed by atoms with E-state index in [-0.39, 0.29) is 24.9 Å². The van der Waals surface area contributed by atoms with E-state index >= 15 is 0 Å². The molecule has 2 aliphatic heterocycles. The summed E-state index contributed by atoms with van der Waals surface area (Å²) in [6, 6.07) is 13.0. The molecule has 0 spiro atoms. The maximum absolute atomic E-state index is 13.0. The minimum atomic E-state index is -1.20. The first-order valence-electron chi connectivity index (χ1n) is 11.6. The summed E-state index contributed by atoms with van der Waals surface area (Å²) in [5.41, 5.74) is 2.55. The van der Waals surface area contributed by atoms with Gasteiger partial charge in [0.2, 0.25) is 5.91 Å². The molecule has 1 atom stereocenters. The lowest BCUT2D eigenvalue weighted by atomic mass is 10.0. The molecule has 11 nitrogen and oxygen atoms in total. The lowest BCUT2D eigenvalue weighted by Gasteiger charge is -2.31. The van der Waals surface area contributed by atoms with E-state index in [2.05, 4.69) is 17.2 Å².